The topological polar surface area (TPSA) is 114 Å². The molecule has 144 valence electrons. The molecule has 8 nitrogen and oxygen atoms in total. The van der Waals surface area contributed by atoms with Crippen LogP contribution in [0, 0.1) is 0 Å². The number of carboxylic acid groups (broad SMARTS) is 1. The Bertz CT molecular complexity index is 1090. The Hall–Kier alpha value is -3.30. The number of sulfonamides is 1. The van der Waals surface area contributed by atoms with Crippen molar-refractivity contribution in [1.82, 2.24) is 19.7 Å². The number of nitrogens with one attached hydrogen (secondary N) is 1. The van der Waals surface area contributed by atoms with Crippen molar-refractivity contribution in [2.75, 3.05) is 0 Å². The van der Waals surface area contributed by atoms with Gasteiger partial charge in [-0.2, -0.15) is 0 Å². The van der Waals surface area contributed by atoms with E-state index in [4.69, 9.17) is 5.11 Å². The fourth-order valence-corrected chi connectivity index (χ4v) is 3.44. The number of hydrogen-bond acceptors (Lipinski definition) is 5. The lowest BCUT2D eigenvalue weighted by Gasteiger charge is -2.07. The normalized spacial score (nSPS) is 11.7. The van der Waals surface area contributed by atoms with Crippen molar-refractivity contribution in [3.8, 4) is 11.3 Å². The first-order valence-electron chi connectivity index (χ1n) is 8.34. The molecule has 3 aromatic rings. The second kappa shape index (κ2) is 8.59. The Morgan fingerprint density at radius 2 is 1.93 bits per heavy atom. The number of aliphatic carboxylic acids is 1. The summed E-state index contributed by atoms with van der Waals surface area (Å²) >= 11 is 0. The Morgan fingerprint density at radius 1 is 1.14 bits per heavy atom. The van der Waals surface area contributed by atoms with Crippen LogP contribution in [0.5, 0.6) is 0 Å². The highest BCUT2D eigenvalue weighted by atomic mass is 32.2. The maximum atomic E-state index is 12.3. The molecule has 0 unspecified atom stereocenters. The highest BCUT2D eigenvalue weighted by molar-refractivity contribution is 7.88. The number of hydrogen-bond donors (Lipinski definition) is 2. The lowest BCUT2D eigenvalue weighted by Crippen LogP contribution is -2.27. The van der Waals surface area contributed by atoms with Gasteiger partial charge in [-0.05, 0) is 17.2 Å². The number of carbonyl (C=O) groups is 1. The van der Waals surface area contributed by atoms with Gasteiger partial charge in [0, 0.05) is 18.2 Å². The van der Waals surface area contributed by atoms with E-state index in [0.717, 1.165) is 11.6 Å². The molecule has 28 heavy (non-hydrogen) atoms. The Morgan fingerprint density at radius 3 is 2.68 bits per heavy atom. The van der Waals surface area contributed by atoms with Gasteiger partial charge in [0.15, 0.2) is 5.88 Å². The average molecular weight is 398 g/mol. The molecular weight excluding hydrogens is 380 g/mol. The summed E-state index contributed by atoms with van der Waals surface area (Å²) in [4.78, 5) is 10.6. The highest BCUT2D eigenvalue weighted by Gasteiger charge is 2.13. The largest absolute Gasteiger partial charge is 0.478 e. The van der Waals surface area contributed by atoms with Crippen molar-refractivity contribution in [1.29, 1.82) is 0 Å². The van der Waals surface area contributed by atoms with E-state index in [9.17, 15) is 13.2 Å². The van der Waals surface area contributed by atoms with Gasteiger partial charge in [-0.1, -0.05) is 59.8 Å². The zero-order valence-electron chi connectivity index (χ0n) is 14.8. The smallest absolute Gasteiger partial charge is 0.328 e. The van der Waals surface area contributed by atoms with E-state index < -0.39 is 16.0 Å². The number of carboxylic acids is 1. The monoisotopic (exact) mass is 398 g/mol. The second-order valence-corrected chi connectivity index (χ2v) is 7.77. The van der Waals surface area contributed by atoms with Gasteiger partial charge in [0.25, 0.3) is 0 Å². The van der Waals surface area contributed by atoms with Gasteiger partial charge in [-0.25, -0.2) is 22.6 Å². The number of nitrogens with zero attached hydrogens (tertiary/aromatic N) is 3. The van der Waals surface area contributed by atoms with Crippen LogP contribution in [0.2, 0.25) is 0 Å². The van der Waals surface area contributed by atoms with Crippen LogP contribution in [0.1, 0.15) is 11.1 Å². The summed E-state index contributed by atoms with van der Waals surface area (Å²) in [5.41, 5.74) is 2.82. The van der Waals surface area contributed by atoms with Crippen LogP contribution in [0.15, 0.2) is 66.9 Å². The molecule has 2 aromatic carbocycles. The van der Waals surface area contributed by atoms with E-state index in [1.807, 2.05) is 30.3 Å². The van der Waals surface area contributed by atoms with Crippen molar-refractivity contribution >= 4 is 22.1 Å². The van der Waals surface area contributed by atoms with Crippen LogP contribution in [0.4, 0.5) is 0 Å². The van der Waals surface area contributed by atoms with Crippen LogP contribution in [-0.4, -0.2) is 34.5 Å². The first-order valence-corrected chi connectivity index (χ1v) is 9.99. The average Bonchev–Trinajstić information content (AvgIpc) is 3.14. The third-order valence-electron chi connectivity index (χ3n) is 3.78. The van der Waals surface area contributed by atoms with Crippen molar-refractivity contribution in [3.63, 3.8) is 0 Å². The van der Waals surface area contributed by atoms with Gasteiger partial charge in [-0.3, -0.25) is 0 Å². The zero-order valence-corrected chi connectivity index (χ0v) is 15.6. The van der Waals surface area contributed by atoms with Crippen molar-refractivity contribution < 1.29 is 18.3 Å². The summed E-state index contributed by atoms with van der Waals surface area (Å²) in [5, 5.41) is 16.5. The van der Waals surface area contributed by atoms with E-state index in [1.165, 1.54) is 10.8 Å². The van der Waals surface area contributed by atoms with Gasteiger partial charge in [0.1, 0.15) is 5.69 Å². The summed E-state index contributed by atoms with van der Waals surface area (Å²) in [6.45, 7) is 0.0807. The molecule has 0 spiro atoms. The minimum atomic E-state index is -3.64. The van der Waals surface area contributed by atoms with Crippen LogP contribution < -0.4 is 4.72 Å². The van der Waals surface area contributed by atoms with Crippen molar-refractivity contribution in [2.45, 2.75) is 12.4 Å². The molecule has 9 heteroatoms. The molecule has 0 saturated carbocycles. The highest BCUT2D eigenvalue weighted by Crippen LogP contribution is 2.15. The van der Waals surface area contributed by atoms with E-state index >= 15 is 0 Å². The van der Waals surface area contributed by atoms with Gasteiger partial charge in [0.05, 0.1) is 6.20 Å². The summed E-state index contributed by atoms with van der Waals surface area (Å²) in [7, 11) is -3.64. The first-order chi connectivity index (χ1) is 13.4. The zero-order chi connectivity index (χ0) is 20.0. The second-order valence-electron chi connectivity index (χ2n) is 5.99. The molecule has 1 aromatic heterocycles. The Balaban J connectivity index is 1.63. The van der Waals surface area contributed by atoms with Crippen molar-refractivity contribution in [3.05, 3.63) is 78.0 Å². The number of rotatable bonds is 8. The lowest BCUT2D eigenvalue weighted by atomic mass is 10.1. The molecule has 3 rings (SSSR count). The lowest BCUT2D eigenvalue weighted by molar-refractivity contribution is -0.131. The molecule has 0 bridgehead atoms. The van der Waals surface area contributed by atoms with Gasteiger partial charge in [-0.15, -0.1) is 5.10 Å². The molecule has 0 saturated heterocycles. The minimum absolute atomic E-state index is 0.0807. The molecule has 0 fully saturated rings. The van der Waals surface area contributed by atoms with E-state index in [2.05, 4.69) is 15.0 Å². The molecule has 0 amide bonds. The van der Waals surface area contributed by atoms with E-state index in [0.29, 0.717) is 16.8 Å². The molecule has 0 aliphatic rings. The van der Waals surface area contributed by atoms with Gasteiger partial charge in [0.2, 0.25) is 10.0 Å². The van der Waals surface area contributed by atoms with Crippen LogP contribution in [0.25, 0.3) is 17.3 Å². The predicted octanol–water partition coefficient (Wildman–Crippen LogP) is 2.12. The fraction of sp³-hybridized carbons (Fsp3) is 0.105. The van der Waals surface area contributed by atoms with Crippen molar-refractivity contribution in [2.24, 2.45) is 0 Å². The van der Waals surface area contributed by atoms with Crippen LogP contribution in [-0.2, 0) is 27.2 Å². The number of benzene rings is 2. The van der Waals surface area contributed by atoms with E-state index in [1.54, 1.807) is 30.5 Å². The van der Waals surface area contributed by atoms with E-state index in [-0.39, 0.29) is 12.4 Å². The SMILES string of the molecule is O=C(O)/C=C/c1cccc(CNS(=O)(=O)Cn2cc(-c3ccccc3)nn2)c1. The third kappa shape index (κ3) is 5.60. The fourth-order valence-electron chi connectivity index (χ4n) is 2.49. The van der Waals surface area contributed by atoms with Gasteiger partial charge < -0.3 is 5.11 Å². The Kier molecular flexibility index (Phi) is 5.97. The quantitative estimate of drug-likeness (QED) is 0.562. The predicted molar refractivity (Wildman–Crippen MR) is 104 cm³/mol. The summed E-state index contributed by atoms with van der Waals surface area (Å²) in [6, 6.07) is 16.3. The Labute approximate surface area is 162 Å². The molecule has 0 radical (unpaired) electrons. The molecule has 0 aliphatic carbocycles. The third-order valence-corrected chi connectivity index (χ3v) is 4.96. The maximum absolute atomic E-state index is 12.3. The molecular formula is C19H18N4O4S. The molecule has 0 atom stereocenters. The number of aromatic nitrogens is 3. The minimum Gasteiger partial charge on any atom is -0.478 e. The van der Waals surface area contributed by atoms with Crippen LogP contribution in [0.3, 0.4) is 0 Å². The standard InChI is InChI=1S/C19H18N4O4S/c24-19(25)10-9-15-5-4-6-16(11-15)12-20-28(26,27)14-23-13-18(21-22-23)17-7-2-1-3-8-17/h1-11,13,20H,12,14H2,(H,24,25)/b10-9+. The molecule has 0 aliphatic heterocycles. The van der Waals surface area contributed by atoms with Gasteiger partial charge >= 0.3 is 5.97 Å². The summed E-state index contributed by atoms with van der Waals surface area (Å²) in [6.07, 6.45) is 4.05. The maximum Gasteiger partial charge on any atom is 0.328 e. The first kappa shape index (κ1) is 19.5. The summed E-state index contributed by atoms with van der Waals surface area (Å²) < 4.78 is 28.4. The van der Waals surface area contributed by atoms with Crippen LogP contribution >= 0.6 is 0 Å². The molecule has 2 N–H and O–H groups in total. The molecule has 1 heterocycles. The summed E-state index contributed by atoms with van der Waals surface area (Å²) in [5.74, 6) is -1.40.